The number of nitro benzene ring substituents is 1. The number of amides is 1. The summed E-state index contributed by atoms with van der Waals surface area (Å²) in [5, 5.41) is 18.7. The molecule has 7 heteroatoms. The second-order valence-electron chi connectivity index (χ2n) is 2.47. The molecule has 1 aromatic rings. The molecule has 0 fully saturated rings. The van der Waals surface area contributed by atoms with Gasteiger partial charge in [-0.15, -0.1) is 0 Å². The number of nitrogens with zero attached hydrogens (tertiary/aromatic N) is 1. The molecule has 0 saturated heterocycles. The van der Waals surface area contributed by atoms with Crippen LogP contribution in [-0.4, -0.2) is 16.0 Å². The van der Waals surface area contributed by atoms with Gasteiger partial charge in [-0.3, -0.25) is 20.1 Å². The van der Waals surface area contributed by atoms with Gasteiger partial charge < -0.3 is 5.73 Å². The molecule has 0 atom stereocenters. The monoisotopic (exact) mass is 197 g/mol. The predicted molar refractivity (Wildman–Crippen MR) is 46.8 cm³/mol. The highest BCUT2D eigenvalue weighted by Gasteiger charge is 2.14. The molecule has 74 valence electrons. The van der Waals surface area contributed by atoms with Gasteiger partial charge in [0.05, 0.1) is 10.5 Å². The van der Waals surface area contributed by atoms with Crippen molar-refractivity contribution >= 4 is 17.3 Å². The first-order chi connectivity index (χ1) is 6.56. The molecule has 0 unspecified atom stereocenters. The predicted octanol–water partition coefficient (Wildman–Crippen LogP) is 0.296. The first-order valence-electron chi connectivity index (χ1n) is 3.54. The number of hydroxylamine groups is 1. The van der Waals surface area contributed by atoms with Crippen molar-refractivity contribution in [2.75, 3.05) is 5.73 Å². The van der Waals surface area contributed by atoms with Gasteiger partial charge in [0, 0.05) is 17.8 Å². The standard InChI is InChI=1S/C7H7N3O4/c8-6-2-1-4(10(13)14)3-5(6)7(11)9-12/h1-3,12H,8H2,(H,9,11). The Kier molecular flexibility index (Phi) is 2.63. The Morgan fingerprint density at radius 1 is 1.57 bits per heavy atom. The van der Waals surface area contributed by atoms with Crippen LogP contribution in [0, 0.1) is 10.1 Å². The third-order valence-corrected chi connectivity index (χ3v) is 1.59. The van der Waals surface area contributed by atoms with Crippen LogP contribution in [-0.2, 0) is 0 Å². The number of carbonyl (C=O) groups excluding carboxylic acids is 1. The van der Waals surface area contributed by atoms with E-state index in [1.54, 1.807) is 0 Å². The zero-order chi connectivity index (χ0) is 10.7. The van der Waals surface area contributed by atoms with Gasteiger partial charge in [0.1, 0.15) is 0 Å². The third kappa shape index (κ3) is 1.77. The van der Waals surface area contributed by atoms with E-state index in [9.17, 15) is 14.9 Å². The smallest absolute Gasteiger partial charge is 0.276 e. The van der Waals surface area contributed by atoms with E-state index in [1.807, 2.05) is 0 Å². The Labute approximate surface area is 78.2 Å². The van der Waals surface area contributed by atoms with E-state index in [0.717, 1.165) is 6.07 Å². The maximum atomic E-state index is 10.9. The van der Waals surface area contributed by atoms with Gasteiger partial charge in [-0.1, -0.05) is 0 Å². The van der Waals surface area contributed by atoms with E-state index in [1.165, 1.54) is 17.6 Å². The lowest BCUT2D eigenvalue weighted by atomic mass is 10.1. The fourth-order valence-corrected chi connectivity index (χ4v) is 0.915. The maximum absolute atomic E-state index is 10.9. The number of nitrogen functional groups attached to an aromatic ring is 1. The number of hydrogen-bond donors (Lipinski definition) is 3. The minimum atomic E-state index is -0.883. The molecule has 0 radical (unpaired) electrons. The van der Waals surface area contributed by atoms with Gasteiger partial charge in [-0.05, 0) is 6.07 Å². The highest BCUT2D eigenvalue weighted by atomic mass is 16.6. The number of rotatable bonds is 2. The molecule has 0 bridgehead atoms. The molecule has 0 aliphatic carbocycles. The van der Waals surface area contributed by atoms with E-state index >= 15 is 0 Å². The minimum Gasteiger partial charge on any atom is -0.398 e. The Balaban J connectivity index is 3.21. The average molecular weight is 197 g/mol. The van der Waals surface area contributed by atoms with E-state index in [4.69, 9.17) is 10.9 Å². The molecule has 1 rings (SSSR count). The maximum Gasteiger partial charge on any atom is 0.276 e. The molecule has 14 heavy (non-hydrogen) atoms. The van der Waals surface area contributed by atoms with Crippen molar-refractivity contribution in [1.82, 2.24) is 5.48 Å². The van der Waals surface area contributed by atoms with Gasteiger partial charge in [0.2, 0.25) is 0 Å². The number of benzene rings is 1. The van der Waals surface area contributed by atoms with Crippen molar-refractivity contribution < 1.29 is 14.9 Å². The summed E-state index contributed by atoms with van der Waals surface area (Å²) >= 11 is 0. The van der Waals surface area contributed by atoms with Crippen molar-refractivity contribution in [1.29, 1.82) is 0 Å². The lowest BCUT2D eigenvalue weighted by Crippen LogP contribution is -2.20. The summed E-state index contributed by atoms with van der Waals surface area (Å²) in [5.41, 5.74) is 6.37. The number of non-ortho nitro benzene ring substituents is 1. The fourth-order valence-electron chi connectivity index (χ4n) is 0.915. The van der Waals surface area contributed by atoms with Gasteiger partial charge >= 0.3 is 0 Å². The first-order valence-corrected chi connectivity index (χ1v) is 3.54. The van der Waals surface area contributed by atoms with Gasteiger partial charge in [0.25, 0.3) is 11.6 Å². The highest BCUT2D eigenvalue weighted by molar-refractivity contribution is 5.99. The summed E-state index contributed by atoms with van der Waals surface area (Å²) in [5.74, 6) is -0.883. The first kappa shape index (κ1) is 9.93. The SMILES string of the molecule is Nc1ccc([N+](=O)[O-])cc1C(=O)NO. The summed E-state index contributed by atoms with van der Waals surface area (Å²) in [6.45, 7) is 0. The molecule has 0 saturated carbocycles. The Morgan fingerprint density at radius 2 is 2.21 bits per heavy atom. The molecular weight excluding hydrogens is 190 g/mol. The van der Waals surface area contributed by atoms with E-state index in [2.05, 4.69) is 0 Å². The number of hydrogen-bond acceptors (Lipinski definition) is 5. The van der Waals surface area contributed by atoms with E-state index in [0.29, 0.717) is 0 Å². The zero-order valence-electron chi connectivity index (χ0n) is 6.93. The summed E-state index contributed by atoms with van der Waals surface area (Å²) in [4.78, 5) is 20.6. The van der Waals surface area contributed by atoms with Crippen molar-refractivity contribution in [3.8, 4) is 0 Å². The van der Waals surface area contributed by atoms with Crippen molar-refractivity contribution in [3.05, 3.63) is 33.9 Å². The minimum absolute atomic E-state index is 0.0575. The Bertz CT molecular complexity index is 391. The molecule has 0 aromatic heterocycles. The van der Waals surface area contributed by atoms with Gasteiger partial charge in [-0.25, -0.2) is 5.48 Å². The molecule has 0 aliphatic rings. The topological polar surface area (TPSA) is 118 Å². The van der Waals surface area contributed by atoms with Crippen LogP contribution >= 0.6 is 0 Å². The molecule has 0 aliphatic heterocycles. The largest absolute Gasteiger partial charge is 0.398 e. The van der Waals surface area contributed by atoms with Crippen LogP contribution in [0.2, 0.25) is 0 Å². The highest BCUT2D eigenvalue weighted by Crippen LogP contribution is 2.19. The van der Waals surface area contributed by atoms with Crippen LogP contribution in [0.15, 0.2) is 18.2 Å². The summed E-state index contributed by atoms with van der Waals surface area (Å²) in [6, 6.07) is 3.38. The third-order valence-electron chi connectivity index (χ3n) is 1.59. The molecule has 4 N–H and O–H groups in total. The second-order valence-corrected chi connectivity index (χ2v) is 2.47. The number of anilines is 1. The fraction of sp³-hybridized carbons (Fsp3) is 0. The summed E-state index contributed by atoms with van der Waals surface area (Å²) in [7, 11) is 0. The Morgan fingerprint density at radius 3 is 2.71 bits per heavy atom. The number of nitro groups is 1. The van der Waals surface area contributed by atoms with Crippen LogP contribution in [0.25, 0.3) is 0 Å². The van der Waals surface area contributed by atoms with Crippen LogP contribution in [0.3, 0.4) is 0 Å². The van der Waals surface area contributed by atoms with Crippen molar-refractivity contribution in [2.24, 2.45) is 0 Å². The molecule has 7 nitrogen and oxygen atoms in total. The van der Waals surface area contributed by atoms with E-state index in [-0.39, 0.29) is 16.9 Å². The number of carbonyl (C=O) groups is 1. The van der Waals surface area contributed by atoms with E-state index < -0.39 is 10.8 Å². The van der Waals surface area contributed by atoms with Gasteiger partial charge in [-0.2, -0.15) is 0 Å². The van der Waals surface area contributed by atoms with Gasteiger partial charge in [0.15, 0.2) is 0 Å². The lowest BCUT2D eigenvalue weighted by Gasteiger charge is -2.02. The summed E-state index contributed by atoms with van der Waals surface area (Å²) in [6.07, 6.45) is 0. The number of nitrogens with two attached hydrogens (primary N) is 1. The van der Waals surface area contributed by atoms with Crippen LogP contribution in [0.5, 0.6) is 0 Å². The quantitative estimate of drug-likeness (QED) is 0.272. The Hall–Kier alpha value is -2.15. The average Bonchev–Trinajstić information content (AvgIpc) is 2.17. The van der Waals surface area contributed by atoms with Crippen LogP contribution in [0.4, 0.5) is 11.4 Å². The normalized spacial score (nSPS) is 9.50. The molecule has 0 heterocycles. The van der Waals surface area contributed by atoms with Crippen LogP contribution < -0.4 is 11.2 Å². The second kappa shape index (κ2) is 3.71. The van der Waals surface area contributed by atoms with Crippen molar-refractivity contribution in [2.45, 2.75) is 0 Å². The molecule has 1 amide bonds. The van der Waals surface area contributed by atoms with Crippen LogP contribution in [0.1, 0.15) is 10.4 Å². The number of nitrogens with one attached hydrogen (secondary N) is 1. The molecule has 0 spiro atoms. The molecule has 1 aromatic carbocycles. The lowest BCUT2D eigenvalue weighted by molar-refractivity contribution is -0.384. The zero-order valence-corrected chi connectivity index (χ0v) is 6.93. The van der Waals surface area contributed by atoms with Crippen molar-refractivity contribution in [3.63, 3.8) is 0 Å². The summed E-state index contributed by atoms with van der Waals surface area (Å²) < 4.78 is 0. The molecular formula is C7H7N3O4.